The van der Waals surface area contributed by atoms with Gasteiger partial charge in [0.05, 0.1) is 4.21 Å². The van der Waals surface area contributed by atoms with Crippen LogP contribution in [0.1, 0.15) is 4.88 Å². The van der Waals surface area contributed by atoms with Crippen LogP contribution in [-0.2, 0) is 9.59 Å². The lowest BCUT2D eigenvalue weighted by Crippen LogP contribution is -2.38. The molecule has 0 atom stereocenters. The van der Waals surface area contributed by atoms with Crippen LogP contribution in [0.3, 0.4) is 0 Å². The molecule has 10 heteroatoms. The van der Waals surface area contributed by atoms with E-state index in [1.54, 1.807) is 42.1 Å². The lowest BCUT2D eigenvalue weighted by atomic mass is 10.3. The number of rotatable bonds is 6. The van der Waals surface area contributed by atoms with Crippen LogP contribution in [0, 0.1) is 0 Å². The van der Waals surface area contributed by atoms with Crippen molar-refractivity contribution < 1.29 is 14.4 Å². The maximum Gasteiger partial charge on any atom is 0.329 e. The zero-order valence-corrected chi connectivity index (χ0v) is 20.3. The van der Waals surface area contributed by atoms with Crippen molar-refractivity contribution in [2.75, 3.05) is 11.9 Å². The monoisotopic (exact) mass is 547 g/mol. The van der Waals surface area contributed by atoms with Gasteiger partial charge in [0.1, 0.15) is 12.2 Å². The fourth-order valence-corrected chi connectivity index (χ4v) is 5.28. The van der Waals surface area contributed by atoms with Crippen LogP contribution in [0.15, 0.2) is 79.9 Å². The molecule has 4 rings (SSSR count). The minimum absolute atomic E-state index is 0.135. The van der Waals surface area contributed by atoms with Crippen LogP contribution in [-0.4, -0.2) is 29.3 Å². The van der Waals surface area contributed by atoms with Crippen molar-refractivity contribution in [2.45, 2.75) is 9.10 Å². The van der Waals surface area contributed by atoms with Gasteiger partial charge < -0.3 is 10.6 Å². The molecule has 0 bridgehead atoms. The summed E-state index contributed by atoms with van der Waals surface area (Å²) in [7, 11) is 0. The summed E-state index contributed by atoms with van der Waals surface area (Å²) in [6, 6.07) is 17.7. The van der Waals surface area contributed by atoms with Gasteiger partial charge in [0.15, 0.2) is 0 Å². The first-order chi connectivity index (χ1) is 15.4. The van der Waals surface area contributed by atoms with E-state index < -0.39 is 17.8 Å². The molecule has 32 heavy (non-hydrogen) atoms. The number of benzene rings is 2. The summed E-state index contributed by atoms with van der Waals surface area (Å²) in [6.45, 7) is -0.375. The SMILES string of the molecule is O=C(CN1C(=O)N/C(=C\c2ccc(Sc3ccc(Cl)cc3)s2)C1=O)Nc1ccc(Br)cc1. The first-order valence-electron chi connectivity index (χ1n) is 9.30. The highest BCUT2D eigenvalue weighted by Gasteiger charge is 2.35. The standard InChI is InChI=1S/C22H15BrClN3O3S2/c23-13-1-5-15(6-2-13)25-19(28)12-27-21(29)18(26-22(27)30)11-17-9-10-20(32-17)31-16-7-3-14(24)4-8-16/h1-11H,12H2,(H,25,28)(H,26,30)/b18-11-. The zero-order chi connectivity index (χ0) is 22.7. The largest absolute Gasteiger partial charge is 0.329 e. The second-order valence-corrected chi connectivity index (χ2v) is 10.5. The highest BCUT2D eigenvalue weighted by molar-refractivity contribution is 9.10. The molecule has 0 radical (unpaired) electrons. The molecule has 1 fully saturated rings. The number of hydrogen-bond acceptors (Lipinski definition) is 5. The first-order valence-corrected chi connectivity index (χ1v) is 12.1. The Balaban J connectivity index is 1.39. The number of amides is 4. The van der Waals surface area contributed by atoms with Gasteiger partial charge in [0.2, 0.25) is 5.91 Å². The van der Waals surface area contributed by atoms with E-state index in [1.807, 2.05) is 36.4 Å². The predicted molar refractivity (Wildman–Crippen MR) is 131 cm³/mol. The topological polar surface area (TPSA) is 78.5 Å². The highest BCUT2D eigenvalue weighted by Crippen LogP contribution is 2.34. The average Bonchev–Trinajstić information content (AvgIpc) is 3.31. The quantitative estimate of drug-likeness (QED) is 0.299. The molecule has 2 aromatic carbocycles. The van der Waals surface area contributed by atoms with Gasteiger partial charge in [-0.05, 0) is 66.7 Å². The minimum Gasteiger partial charge on any atom is -0.325 e. The van der Waals surface area contributed by atoms with Crippen molar-refractivity contribution in [3.63, 3.8) is 0 Å². The van der Waals surface area contributed by atoms with E-state index in [0.29, 0.717) is 10.7 Å². The second-order valence-electron chi connectivity index (χ2n) is 6.65. The Kier molecular flexibility index (Phi) is 7.00. The summed E-state index contributed by atoms with van der Waals surface area (Å²) in [5.41, 5.74) is 0.710. The summed E-state index contributed by atoms with van der Waals surface area (Å²) in [5, 5.41) is 5.89. The number of nitrogens with zero attached hydrogens (tertiary/aromatic N) is 1. The normalized spacial score (nSPS) is 14.7. The lowest BCUT2D eigenvalue weighted by Gasteiger charge is -2.11. The van der Waals surface area contributed by atoms with E-state index in [0.717, 1.165) is 23.4 Å². The number of carbonyl (C=O) groups is 3. The van der Waals surface area contributed by atoms with Crippen LogP contribution < -0.4 is 10.6 Å². The molecule has 0 spiro atoms. The zero-order valence-electron chi connectivity index (χ0n) is 16.3. The molecule has 6 nitrogen and oxygen atoms in total. The molecule has 2 heterocycles. The molecule has 1 aliphatic heterocycles. The smallest absolute Gasteiger partial charge is 0.325 e. The van der Waals surface area contributed by atoms with Gasteiger partial charge in [-0.25, -0.2) is 9.69 Å². The van der Waals surface area contributed by atoms with Crippen LogP contribution in [0.5, 0.6) is 0 Å². The molecule has 0 saturated carbocycles. The van der Waals surface area contributed by atoms with Gasteiger partial charge in [0, 0.05) is 25.0 Å². The number of thiophene rings is 1. The van der Waals surface area contributed by atoms with Gasteiger partial charge in [0.25, 0.3) is 5.91 Å². The molecular formula is C22H15BrClN3O3S2. The van der Waals surface area contributed by atoms with Crippen molar-refractivity contribution in [1.29, 1.82) is 0 Å². The Bertz CT molecular complexity index is 1210. The lowest BCUT2D eigenvalue weighted by molar-refractivity contribution is -0.127. The van der Waals surface area contributed by atoms with E-state index in [1.165, 1.54) is 11.3 Å². The second kappa shape index (κ2) is 9.91. The van der Waals surface area contributed by atoms with E-state index in [-0.39, 0.29) is 12.2 Å². The van der Waals surface area contributed by atoms with Crippen molar-refractivity contribution in [3.05, 3.63) is 80.7 Å². The van der Waals surface area contributed by atoms with E-state index >= 15 is 0 Å². The van der Waals surface area contributed by atoms with Gasteiger partial charge in [-0.3, -0.25) is 9.59 Å². The number of carbonyl (C=O) groups excluding carboxylic acids is 3. The highest BCUT2D eigenvalue weighted by atomic mass is 79.9. The van der Waals surface area contributed by atoms with Crippen molar-refractivity contribution in [3.8, 4) is 0 Å². The maximum atomic E-state index is 12.7. The van der Waals surface area contributed by atoms with E-state index in [2.05, 4.69) is 26.6 Å². The van der Waals surface area contributed by atoms with Gasteiger partial charge in [-0.1, -0.05) is 39.3 Å². The summed E-state index contributed by atoms with van der Waals surface area (Å²) in [5.74, 6) is -1.00. The van der Waals surface area contributed by atoms with Gasteiger partial charge in [-0.2, -0.15) is 0 Å². The third kappa shape index (κ3) is 5.60. The van der Waals surface area contributed by atoms with Crippen LogP contribution in [0.4, 0.5) is 10.5 Å². The Morgan fingerprint density at radius 3 is 2.53 bits per heavy atom. The van der Waals surface area contributed by atoms with Crippen molar-refractivity contribution >= 4 is 80.2 Å². The maximum absolute atomic E-state index is 12.7. The number of urea groups is 1. The van der Waals surface area contributed by atoms with E-state index in [9.17, 15) is 14.4 Å². The van der Waals surface area contributed by atoms with Crippen LogP contribution in [0.25, 0.3) is 6.08 Å². The number of halogens is 2. The summed E-state index contributed by atoms with van der Waals surface area (Å²) in [4.78, 5) is 39.9. The summed E-state index contributed by atoms with van der Waals surface area (Å²) >= 11 is 12.3. The predicted octanol–water partition coefficient (Wildman–Crippen LogP) is 5.85. The van der Waals surface area contributed by atoms with Crippen LogP contribution >= 0.6 is 50.6 Å². The number of imide groups is 1. The van der Waals surface area contributed by atoms with Crippen molar-refractivity contribution in [2.24, 2.45) is 0 Å². The summed E-state index contributed by atoms with van der Waals surface area (Å²) < 4.78 is 1.91. The molecule has 1 saturated heterocycles. The molecule has 1 aromatic heterocycles. The molecule has 1 aliphatic rings. The summed E-state index contributed by atoms with van der Waals surface area (Å²) in [6.07, 6.45) is 1.61. The molecule has 162 valence electrons. The Morgan fingerprint density at radius 2 is 1.81 bits per heavy atom. The molecule has 0 unspecified atom stereocenters. The third-order valence-electron chi connectivity index (χ3n) is 4.31. The van der Waals surface area contributed by atoms with Gasteiger partial charge >= 0.3 is 6.03 Å². The molecule has 3 aromatic rings. The van der Waals surface area contributed by atoms with Crippen LogP contribution in [0.2, 0.25) is 5.02 Å². The molecule has 2 N–H and O–H groups in total. The molecule has 0 aliphatic carbocycles. The Morgan fingerprint density at radius 1 is 1.09 bits per heavy atom. The molecular weight excluding hydrogens is 534 g/mol. The Labute approximate surface area is 205 Å². The van der Waals surface area contributed by atoms with Gasteiger partial charge in [-0.15, -0.1) is 11.3 Å². The minimum atomic E-state index is -0.625. The van der Waals surface area contributed by atoms with E-state index in [4.69, 9.17) is 11.6 Å². The fourth-order valence-electron chi connectivity index (χ4n) is 2.82. The number of nitrogens with one attached hydrogen (secondary N) is 2. The third-order valence-corrected chi connectivity index (χ3v) is 7.27. The van der Waals surface area contributed by atoms with Crippen molar-refractivity contribution in [1.82, 2.24) is 10.2 Å². The average molecular weight is 549 g/mol. The number of hydrogen-bond donors (Lipinski definition) is 2. The number of anilines is 1. The first kappa shape index (κ1) is 22.6. The fraction of sp³-hybridized carbons (Fsp3) is 0.0455. The Hall–Kier alpha value is -2.59. The molecule has 4 amide bonds.